The van der Waals surface area contributed by atoms with Gasteiger partial charge in [-0.05, 0) is 40.3 Å². The highest BCUT2D eigenvalue weighted by molar-refractivity contribution is 5.80. The molecule has 2 heterocycles. The largest absolute Gasteiger partial charge is 0.451 e. The number of amides is 2. The number of hydrogen-bond acceptors (Lipinski definition) is 5. The van der Waals surface area contributed by atoms with E-state index in [-0.39, 0.29) is 43.5 Å². The minimum Gasteiger partial charge on any atom is -0.449 e. The van der Waals surface area contributed by atoms with Crippen molar-refractivity contribution in [2.45, 2.75) is 44.1 Å². The summed E-state index contributed by atoms with van der Waals surface area (Å²) < 4.78 is 88.2. The highest BCUT2D eigenvalue weighted by Crippen LogP contribution is 2.44. The van der Waals surface area contributed by atoms with Crippen LogP contribution in [0.15, 0.2) is 60.7 Å². The molecule has 0 fully saturated rings. The van der Waals surface area contributed by atoms with Gasteiger partial charge in [0.15, 0.2) is 17.5 Å². The van der Waals surface area contributed by atoms with Crippen LogP contribution in [-0.2, 0) is 35.2 Å². The quantitative estimate of drug-likeness (QED) is 0.213. The van der Waals surface area contributed by atoms with Gasteiger partial charge in [0.05, 0.1) is 6.54 Å². The van der Waals surface area contributed by atoms with Gasteiger partial charge < -0.3 is 19.5 Å². The molecule has 0 unspecified atom stereocenters. The normalized spacial score (nSPS) is 14.8. The lowest BCUT2D eigenvalue weighted by molar-refractivity contribution is -0.148. The number of rotatable bonds is 7. The van der Waals surface area contributed by atoms with Gasteiger partial charge in [0, 0.05) is 37.5 Å². The molecule has 14 heteroatoms. The lowest BCUT2D eigenvalue weighted by Crippen LogP contribution is -2.45. The number of nitrogens with zero attached hydrogens (tertiary/aromatic N) is 4. The van der Waals surface area contributed by atoms with Gasteiger partial charge in [-0.25, -0.2) is 18.0 Å². The second-order valence-electron chi connectivity index (χ2n) is 10.8. The number of carbonyl (C=O) groups excluding carboxylic acids is 2. The smallest absolute Gasteiger partial charge is 0.449 e. The first-order valence-corrected chi connectivity index (χ1v) is 14.0. The van der Waals surface area contributed by atoms with Crippen LogP contribution in [0, 0.1) is 17.5 Å². The summed E-state index contributed by atoms with van der Waals surface area (Å²) in [7, 11) is 0. The number of carbonyl (C=O) groups is 2. The van der Waals surface area contributed by atoms with Crippen molar-refractivity contribution in [1.29, 1.82) is 0 Å². The number of halogens is 6. The van der Waals surface area contributed by atoms with Crippen molar-refractivity contribution in [1.82, 2.24) is 25.0 Å². The number of ether oxygens (including phenoxy) is 1. The molecule has 0 radical (unpaired) electrons. The molecule has 45 heavy (non-hydrogen) atoms. The SMILES string of the molecule is O=C(N[C@@H](CC(=O)N1CCn2c(nnc2C(F)(F)F)C1)Cc1cc(F)c(F)cc1F)OCC1c2ccccc2-c2ccccc21. The molecule has 2 amide bonds. The van der Waals surface area contributed by atoms with Crippen LogP contribution in [0.5, 0.6) is 0 Å². The maximum absolute atomic E-state index is 14.6. The number of fused-ring (bicyclic) bond motifs is 4. The molecule has 6 rings (SSSR count). The number of benzene rings is 3. The molecule has 0 spiro atoms. The molecular formula is C31H25F6N5O3. The summed E-state index contributed by atoms with van der Waals surface area (Å²) in [6, 6.07) is 15.3. The van der Waals surface area contributed by atoms with Crippen LogP contribution in [0.3, 0.4) is 0 Å². The van der Waals surface area contributed by atoms with E-state index in [4.69, 9.17) is 4.74 Å². The highest BCUT2D eigenvalue weighted by Gasteiger charge is 2.40. The maximum atomic E-state index is 14.6. The van der Waals surface area contributed by atoms with Crippen molar-refractivity contribution in [3.63, 3.8) is 0 Å². The second kappa shape index (κ2) is 11.9. The molecule has 0 saturated heterocycles. The monoisotopic (exact) mass is 629 g/mol. The van der Waals surface area contributed by atoms with Gasteiger partial charge in [-0.2, -0.15) is 13.2 Å². The van der Waals surface area contributed by atoms with Crippen LogP contribution < -0.4 is 5.32 Å². The summed E-state index contributed by atoms with van der Waals surface area (Å²) in [4.78, 5) is 27.5. The zero-order valence-corrected chi connectivity index (χ0v) is 23.5. The molecule has 1 aliphatic carbocycles. The van der Waals surface area contributed by atoms with E-state index >= 15 is 0 Å². The summed E-state index contributed by atoms with van der Waals surface area (Å²) in [5, 5.41) is 9.29. The first kappa shape index (κ1) is 30.2. The third-order valence-corrected chi connectivity index (χ3v) is 8.00. The molecule has 4 aromatic rings. The predicted molar refractivity (Wildman–Crippen MR) is 147 cm³/mol. The van der Waals surface area contributed by atoms with E-state index in [0.29, 0.717) is 12.1 Å². The Hall–Kier alpha value is -4.88. The topological polar surface area (TPSA) is 89.4 Å². The summed E-state index contributed by atoms with van der Waals surface area (Å²) in [5.41, 5.74) is 3.67. The van der Waals surface area contributed by atoms with Crippen LogP contribution >= 0.6 is 0 Å². The second-order valence-corrected chi connectivity index (χ2v) is 10.8. The maximum Gasteiger partial charge on any atom is 0.451 e. The van der Waals surface area contributed by atoms with E-state index in [2.05, 4.69) is 15.5 Å². The Morgan fingerprint density at radius 3 is 2.22 bits per heavy atom. The van der Waals surface area contributed by atoms with E-state index in [1.165, 1.54) is 4.90 Å². The third kappa shape index (κ3) is 6.08. The van der Waals surface area contributed by atoms with E-state index in [9.17, 15) is 35.9 Å². The fraction of sp³-hybridized carbons (Fsp3) is 0.290. The third-order valence-electron chi connectivity index (χ3n) is 8.00. The minimum absolute atomic E-state index is 0.0522. The van der Waals surface area contributed by atoms with Crippen LogP contribution in [-0.4, -0.2) is 50.9 Å². The van der Waals surface area contributed by atoms with Gasteiger partial charge >= 0.3 is 12.3 Å². The fourth-order valence-corrected chi connectivity index (χ4v) is 5.89. The molecule has 1 aromatic heterocycles. The molecule has 8 nitrogen and oxygen atoms in total. The summed E-state index contributed by atoms with van der Waals surface area (Å²) in [6.07, 6.45) is -6.49. The minimum atomic E-state index is -4.72. The molecule has 1 aliphatic heterocycles. The van der Waals surface area contributed by atoms with Crippen LogP contribution in [0.2, 0.25) is 0 Å². The summed E-state index contributed by atoms with van der Waals surface area (Å²) in [6.45, 7) is -0.655. The van der Waals surface area contributed by atoms with E-state index in [1.807, 2.05) is 48.5 Å². The zero-order chi connectivity index (χ0) is 31.9. The van der Waals surface area contributed by atoms with Crippen molar-refractivity contribution >= 4 is 12.0 Å². The zero-order valence-electron chi connectivity index (χ0n) is 23.5. The Labute approximate surface area is 252 Å². The van der Waals surface area contributed by atoms with Gasteiger partial charge in [0.2, 0.25) is 11.7 Å². The van der Waals surface area contributed by atoms with Crippen LogP contribution in [0.25, 0.3) is 11.1 Å². The van der Waals surface area contributed by atoms with Gasteiger partial charge in [-0.15, -0.1) is 10.2 Å². The van der Waals surface area contributed by atoms with Crippen LogP contribution in [0.1, 0.15) is 40.7 Å². The molecule has 1 N–H and O–H groups in total. The first-order chi connectivity index (χ1) is 21.5. The van der Waals surface area contributed by atoms with Gasteiger partial charge in [-0.1, -0.05) is 48.5 Å². The number of alkyl carbamates (subject to hydrolysis) is 1. The van der Waals surface area contributed by atoms with Crippen LogP contribution in [0.4, 0.5) is 31.1 Å². The summed E-state index contributed by atoms with van der Waals surface area (Å²) in [5.74, 6) is -5.89. The predicted octanol–water partition coefficient (Wildman–Crippen LogP) is 5.60. The average molecular weight is 630 g/mol. The molecule has 0 saturated carbocycles. The Morgan fingerprint density at radius 1 is 0.911 bits per heavy atom. The van der Waals surface area contributed by atoms with E-state index in [0.717, 1.165) is 26.8 Å². The van der Waals surface area contributed by atoms with E-state index < -0.39 is 60.3 Å². The van der Waals surface area contributed by atoms with Crippen molar-refractivity contribution in [3.8, 4) is 11.1 Å². The van der Waals surface area contributed by atoms with E-state index in [1.54, 1.807) is 0 Å². The molecule has 234 valence electrons. The highest BCUT2D eigenvalue weighted by atomic mass is 19.4. The summed E-state index contributed by atoms with van der Waals surface area (Å²) >= 11 is 0. The molecule has 3 aromatic carbocycles. The lowest BCUT2D eigenvalue weighted by Gasteiger charge is -2.29. The number of aromatic nitrogens is 3. The van der Waals surface area contributed by atoms with Gasteiger partial charge in [0.1, 0.15) is 12.4 Å². The molecular weight excluding hydrogens is 604 g/mol. The van der Waals surface area contributed by atoms with Crippen molar-refractivity contribution in [2.75, 3.05) is 13.2 Å². The Kier molecular flexibility index (Phi) is 7.97. The molecule has 2 aliphatic rings. The molecule has 1 atom stereocenters. The van der Waals surface area contributed by atoms with Crippen molar-refractivity contribution in [2.24, 2.45) is 0 Å². The molecule has 0 bridgehead atoms. The Balaban J connectivity index is 1.17. The van der Waals surface area contributed by atoms with Gasteiger partial charge in [-0.3, -0.25) is 4.79 Å². The Morgan fingerprint density at radius 2 is 1.56 bits per heavy atom. The van der Waals surface area contributed by atoms with Gasteiger partial charge in [0.25, 0.3) is 0 Å². The first-order valence-electron chi connectivity index (χ1n) is 14.0. The van der Waals surface area contributed by atoms with Crippen molar-refractivity contribution in [3.05, 3.63) is 106 Å². The standard InChI is InChI=1S/C31H25F6N5O3/c32-24-14-26(34)25(33)12-17(24)11-18(13-28(43)41-9-10-42-27(15-41)39-40-29(42)31(35,36)37)38-30(44)45-16-23-21-7-3-1-5-19(21)20-6-2-4-8-22(20)23/h1-8,12,14,18,23H,9-11,13,15-16H2,(H,38,44)/t18-/m1/s1. The van der Waals surface area contributed by atoms with Crippen molar-refractivity contribution < 1.29 is 40.7 Å². The number of hydrogen-bond donors (Lipinski definition) is 1. The lowest BCUT2D eigenvalue weighted by atomic mass is 9.98. The number of nitrogens with one attached hydrogen (secondary N) is 1. The Bertz CT molecular complexity index is 1730. The fourth-order valence-electron chi connectivity index (χ4n) is 5.89. The average Bonchev–Trinajstić information content (AvgIpc) is 3.58. The number of alkyl halides is 3.